The van der Waals surface area contributed by atoms with Gasteiger partial charge in [-0.3, -0.25) is 4.79 Å². The van der Waals surface area contributed by atoms with Crippen molar-refractivity contribution >= 4 is 23.2 Å². The van der Waals surface area contributed by atoms with Crippen LogP contribution in [-0.4, -0.2) is 44.0 Å². The molecule has 1 fully saturated rings. The third-order valence-electron chi connectivity index (χ3n) is 3.96. The maximum absolute atomic E-state index is 11.9. The molecule has 1 saturated heterocycles. The van der Waals surface area contributed by atoms with Crippen LogP contribution in [0.15, 0.2) is 24.3 Å². The van der Waals surface area contributed by atoms with Gasteiger partial charge in [0.25, 0.3) is 0 Å². The summed E-state index contributed by atoms with van der Waals surface area (Å²) in [5.41, 5.74) is 0.764. The molecule has 0 aliphatic carbocycles. The number of rotatable bonds is 6. The molecule has 116 valence electrons. The van der Waals surface area contributed by atoms with Crippen LogP contribution in [0.1, 0.15) is 19.3 Å². The molecule has 2 rings (SSSR count). The second kappa shape index (κ2) is 8.37. The average molecular weight is 310 g/mol. The molecule has 0 radical (unpaired) electrons. The highest BCUT2D eigenvalue weighted by Crippen LogP contribution is 2.17. The Labute approximate surface area is 131 Å². The number of likely N-dealkylation sites (tertiary alicyclic amines) is 1. The summed E-state index contributed by atoms with van der Waals surface area (Å²) in [4.78, 5) is 14.3. The Morgan fingerprint density at radius 2 is 2.14 bits per heavy atom. The van der Waals surface area contributed by atoms with Crippen molar-refractivity contribution in [1.82, 2.24) is 10.2 Å². The summed E-state index contributed by atoms with van der Waals surface area (Å²) in [7, 11) is 2.01. The van der Waals surface area contributed by atoms with E-state index in [1.54, 1.807) is 12.1 Å². The smallest absolute Gasteiger partial charge is 0.225 e. The van der Waals surface area contributed by atoms with E-state index in [-0.39, 0.29) is 5.91 Å². The minimum Gasteiger partial charge on any atom is -0.326 e. The first-order chi connectivity index (χ1) is 10.2. The van der Waals surface area contributed by atoms with Crippen molar-refractivity contribution in [2.75, 3.05) is 38.5 Å². The fraction of sp³-hybridized carbons (Fsp3) is 0.562. The van der Waals surface area contributed by atoms with Crippen molar-refractivity contribution in [1.29, 1.82) is 0 Å². The van der Waals surface area contributed by atoms with Crippen LogP contribution < -0.4 is 10.6 Å². The van der Waals surface area contributed by atoms with Crippen LogP contribution in [0.5, 0.6) is 0 Å². The maximum atomic E-state index is 11.9. The van der Waals surface area contributed by atoms with Crippen LogP contribution in [0.25, 0.3) is 0 Å². The predicted octanol–water partition coefficient (Wildman–Crippen LogP) is 2.60. The highest BCUT2D eigenvalue weighted by molar-refractivity contribution is 6.30. The number of amides is 1. The molecule has 0 saturated carbocycles. The molecule has 1 aliphatic heterocycles. The average Bonchev–Trinajstić information content (AvgIpc) is 2.47. The van der Waals surface area contributed by atoms with Crippen molar-refractivity contribution in [3.05, 3.63) is 29.3 Å². The molecule has 21 heavy (non-hydrogen) atoms. The number of benzene rings is 1. The number of carbonyl (C=O) groups is 1. The molecule has 1 aliphatic rings. The Morgan fingerprint density at radius 1 is 1.38 bits per heavy atom. The molecule has 4 nitrogen and oxygen atoms in total. The first kappa shape index (κ1) is 16.3. The van der Waals surface area contributed by atoms with Crippen molar-refractivity contribution in [3.8, 4) is 0 Å². The van der Waals surface area contributed by atoms with E-state index in [9.17, 15) is 4.79 Å². The van der Waals surface area contributed by atoms with Crippen LogP contribution in [0.2, 0.25) is 5.02 Å². The Balaban J connectivity index is 1.68. The largest absolute Gasteiger partial charge is 0.326 e. The van der Waals surface area contributed by atoms with Crippen LogP contribution in [0.3, 0.4) is 0 Å². The molecule has 0 spiro atoms. The highest BCUT2D eigenvalue weighted by Gasteiger charge is 2.18. The Kier molecular flexibility index (Phi) is 6.49. The summed E-state index contributed by atoms with van der Waals surface area (Å²) in [6.07, 6.45) is 2.97. The van der Waals surface area contributed by atoms with Gasteiger partial charge in [0.1, 0.15) is 0 Å². The first-order valence-electron chi connectivity index (χ1n) is 7.60. The lowest BCUT2D eigenvalue weighted by molar-refractivity contribution is -0.116. The summed E-state index contributed by atoms with van der Waals surface area (Å²) in [6, 6.07) is 7.26. The van der Waals surface area contributed by atoms with Crippen LogP contribution in [0, 0.1) is 5.92 Å². The summed E-state index contributed by atoms with van der Waals surface area (Å²) in [5.74, 6) is 0.834. The molecule has 1 aromatic rings. The Bertz CT molecular complexity index is 459. The van der Waals surface area contributed by atoms with E-state index in [1.807, 2.05) is 19.2 Å². The molecule has 5 heteroatoms. The molecule has 0 bridgehead atoms. The third kappa shape index (κ3) is 5.65. The van der Waals surface area contributed by atoms with E-state index >= 15 is 0 Å². The van der Waals surface area contributed by atoms with Crippen molar-refractivity contribution in [2.24, 2.45) is 5.92 Å². The number of nitrogens with one attached hydrogen (secondary N) is 2. The highest BCUT2D eigenvalue weighted by atomic mass is 35.5. The number of halogens is 1. The third-order valence-corrected chi connectivity index (χ3v) is 4.20. The summed E-state index contributed by atoms with van der Waals surface area (Å²) in [5, 5.41) is 6.77. The van der Waals surface area contributed by atoms with Gasteiger partial charge in [-0.1, -0.05) is 17.7 Å². The summed E-state index contributed by atoms with van der Waals surface area (Å²) in [6.45, 7) is 4.12. The molecule has 2 N–H and O–H groups in total. The second-order valence-corrected chi connectivity index (χ2v) is 6.09. The van der Waals surface area contributed by atoms with Crippen LogP contribution >= 0.6 is 11.6 Å². The van der Waals surface area contributed by atoms with Gasteiger partial charge >= 0.3 is 0 Å². The van der Waals surface area contributed by atoms with Gasteiger partial charge in [0.05, 0.1) is 0 Å². The zero-order chi connectivity index (χ0) is 15.1. The van der Waals surface area contributed by atoms with Gasteiger partial charge in [-0.05, 0) is 63.6 Å². The van der Waals surface area contributed by atoms with Crippen molar-refractivity contribution in [3.63, 3.8) is 0 Å². The van der Waals surface area contributed by atoms with Gasteiger partial charge in [0.15, 0.2) is 0 Å². The van der Waals surface area contributed by atoms with Crippen molar-refractivity contribution < 1.29 is 4.79 Å². The van der Waals surface area contributed by atoms with Gasteiger partial charge in [-0.15, -0.1) is 0 Å². The number of carbonyl (C=O) groups excluding carboxylic acids is 1. The molecular weight excluding hydrogens is 286 g/mol. The fourth-order valence-corrected chi connectivity index (χ4v) is 2.94. The van der Waals surface area contributed by atoms with Crippen LogP contribution in [0.4, 0.5) is 5.69 Å². The van der Waals surface area contributed by atoms with Crippen LogP contribution in [-0.2, 0) is 4.79 Å². The SMILES string of the molecule is CNCC1CCN(CCC(=O)Nc2cccc(Cl)c2)CC1. The van der Waals surface area contributed by atoms with Gasteiger partial charge in [0.2, 0.25) is 5.91 Å². The molecule has 0 unspecified atom stereocenters. The first-order valence-corrected chi connectivity index (χ1v) is 7.97. The Hall–Kier alpha value is -1.10. The van der Waals surface area contributed by atoms with E-state index < -0.39 is 0 Å². The lowest BCUT2D eigenvalue weighted by Crippen LogP contribution is -2.38. The summed E-state index contributed by atoms with van der Waals surface area (Å²) < 4.78 is 0. The number of hydrogen-bond acceptors (Lipinski definition) is 3. The molecule has 1 heterocycles. The number of nitrogens with zero attached hydrogens (tertiary/aromatic N) is 1. The predicted molar refractivity (Wildman–Crippen MR) is 87.8 cm³/mol. The lowest BCUT2D eigenvalue weighted by Gasteiger charge is -2.31. The quantitative estimate of drug-likeness (QED) is 0.849. The van der Waals surface area contributed by atoms with E-state index in [4.69, 9.17) is 11.6 Å². The van der Waals surface area contributed by atoms with E-state index in [0.29, 0.717) is 11.4 Å². The maximum Gasteiger partial charge on any atom is 0.225 e. The van der Waals surface area contributed by atoms with Gasteiger partial charge < -0.3 is 15.5 Å². The number of hydrogen-bond donors (Lipinski definition) is 2. The zero-order valence-corrected chi connectivity index (χ0v) is 13.3. The van der Waals surface area contributed by atoms with Crippen molar-refractivity contribution in [2.45, 2.75) is 19.3 Å². The number of piperidine rings is 1. The normalized spacial score (nSPS) is 16.9. The van der Waals surface area contributed by atoms with E-state index in [0.717, 1.165) is 37.8 Å². The van der Waals surface area contributed by atoms with E-state index in [2.05, 4.69) is 15.5 Å². The lowest BCUT2D eigenvalue weighted by atomic mass is 9.97. The number of anilines is 1. The van der Waals surface area contributed by atoms with E-state index in [1.165, 1.54) is 12.8 Å². The fourth-order valence-electron chi connectivity index (χ4n) is 2.75. The Morgan fingerprint density at radius 3 is 2.81 bits per heavy atom. The molecule has 1 aromatic carbocycles. The molecule has 0 atom stereocenters. The topological polar surface area (TPSA) is 44.4 Å². The molecule has 1 amide bonds. The van der Waals surface area contributed by atoms with Gasteiger partial charge in [0, 0.05) is 23.7 Å². The van der Waals surface area contributed by atoms with Gasteiger partial charge in [-0.2, -0.15) is 0 Å². The molecular formula is C16H24ClN3O. The zero-order valence-electron chi connectivity index (χ0n) is 12.6. The minimum atomic E-state index is 0.0506. The standard InChI is InChI=1S/C16H24ClN3O/c1-18-12-13-5-8-20(9-6-13)10-7-16(21)19-15-4-2-3-14(17)11-15/h2-4,11,13,18H,5-10,12H2,1H3,(H,19,21). The summed E-state index contributed by atoms with van der Waals surface area (Å²) >= 11 is 5.90. The minimum absolute atomic E-state index is 0.0506. The van der Waals surface area contributed by atoms with Gasteiger partial charge in [-0.25, -0.2) is 0 Å². The molecule has 0 aromatic heterocycles. The second-order valence-electron chi connectivity index (χ2n) is 5.65. The monoisotopic (exact) mass is 309 g/mol.